The van der Waals surface area contributed by atoms with Gasteiger partial charge in [0.1, 0.15) is 0 Å². The molecule has 0 bridgehead atoms. The minimum atomic E-state index is -0.0922. The van der Waals surface area contributed by atoms with Gasteiger partial charge in [0.2, 0.25) is 5.91 Å². The van der Waals surface area contributed by atoms with E-state index in [0.29, 0.717) is 11.3 Å². The summed E-state index contributed by atoms with van der Waals surface area (Å²) in [5, 5.41) is 6.71. The summed E-state index contributed by atoms with van der Waals surface area (Å²) in [7, 11) is 0. The predicted octanol–water partition coefficient (Wildman–Crippen LogP) is 3.24. The molecule has 0 aromatic rings. The molecule has 3 heteroatoms. The Morgan fingerprint density at radius 2 is 1.75 bits per heavy atom. The van der Waals surface area contributed by atoms with Crippen LogP contribution < -0.4 is 10.6 Å². The molecule has 1 amide bonds. The van der Waals surface area contributed by atoms with Gasteiger partial charge in [0, 0.05) is 6.54 Å². The maximum Gasteiger partial charge on any atom is 0.226 e. The maximum atomic E-state index is 12.8. The summed E-state index contributed by atoms with van der Waals surface area (Å²) in [5.74, 6) is 0.327. The standard InChI is InChI=1S/C17H32N2O/c1-3-7-17(10-12-18-13-11-17)15(20)19-14-16(2)8-5-4-6-9-16/h18H,3-14H2,1-2H3,(H,19,20). The monoisotopic (exact) mass is 280 g/mol. The second-order valence-corrected chi connectivity index (χ2v) is 7.33. The third kappa shape index (κ3) is 3.75. The number of nitrogens with one attached hydrogen (secondary N) is 2. The zero-order valence-corrected chi connectivity index (χ0v) is 13.4. The van der Waals surface area contributed by atoms with Crippen molar-refractivity contribution in [3.8, 4) is 0 Å². The van der Waals surface area contributed by atoms with E-state index in [4.69, 9.17) is 0 Å². The number of piperidine rings is 1. The minimum absolute atomic E-state index is 0.0922. The molecule has 0 aromatic heterocycles. The highest BCUT2D eigenvalue weighted by Crippen LogP contribution is 2.37. The Morgan fingerprint density at radius 1 is 1.10 bits per heavy atom. The lowest BCUT2D eigenvalue weighted by molar-refractivity contribution is -0.133. The van der Waals surface area contributed by atoms with Gasteiger partial charge < -0.3 is 10.6 Å². The third-order valence-electron chi connectivity index (χ3n) is 5.51. The Hall–Kier alpha value is -0.570. The SMILES string of the molecule is CCCC1(C(=O)NCC2(C)CCCCC2)CCNCC1. The summed E-state index contributed by atoms with van der Waals surface area (Å²) in [6.07, 6.45) is 10.7. The normalized spacial score (nSPS) is 25.1. The van der Waals surface area contributed by atoms with Crippen LogP contribution in [0.2, 0.25) is 0 Å². The summed E-state index contributed by atoms with van der Waals surface area (Å²) in [5.41, 5.74) is 0.249. The number of hydrogen-bond acceptors (Lipinski definition) is 2. The lowest BCUT2D eigenvalue weighted by Gasteiger charge is -2.39. The van der Waals surface area contributed by atoms with Crippen LogP contribution in [-0.2, 0) is 4.79 Å². The summed E-state index contributed by atoms with van der Waals surface area (Å²) in [6, 6.07) is 0. The number of amides is 1. The maximum absolute atomic E-state index is 12.8. The summed E-state index contributed by atoms with van der Waals surface area (Å²) >= 11 is 0. The molecular formula is C17H32N2O. The fourth-order valence-corrected chi connectivity index (χ4v) is 4.04. The first-order valence-corrected chi connectivity index (χ1v) is 8.59. The summed E-state index contributed by atoms with van der Waals surface area (Å²) in [6.45, 7) is 7.40. The van der Waals surface area contributed by atoms with E-state index in [-0.39, 0.29) is 5.41 Å². The molecule has 20 heavy (non-hydrogen) atoms. The largest absolute Gasteiger partial charge is 0.355 e. The van der Waals surface area contributed by atoms with E-state index in [9.17, 15) is 4.79 Å². The molecule has 1 aliphatic carbocycles. The van der Waals surface area contributed by atoms with Crippen LogP contribution in [0.3, 0.4) is 0 Å². The smallest absolute Gasteiger partial charge is 0.226 e. The van der Waals surface area contributed by atoms with Crippen molar-refractivity contribution in [3.05, 3.63) is 0 Å². The van der Waals surface area contributed by atoms with Crippen molar-refractivity contribution in [1.29, 1.82) is 0 Å². The van der Waals surface area contributed by atoms with Crippen LogP contribution in [-0.4, -0.2) is 25.5 Å². The van der Waals surface area contributed by atoms with Gasteiger partial charge in [-0.05, 0) is 50.6 Å². The Bertz CT molecular complexity index is 309. The van der Waals surface area contributed by atoms with Crippen molar-refractivity contribution in [2.75, 3.05) is 19.6 Å². The van der Waals surface area contributed by atoms with Crippen molar-refractivity contribution < 1.29 is 4.79 Å². The molecule has 1 saturated heterocycles. The highest BCUT2D eigenvalue weighted by molar-refractivity contribution is 5.82. The highest BCUT2D eigenvalue weighted by atomic mass is 16.2. The van der Waals surface area contributed by atoms with Crippen LogP contribution >= 0.6 is 0 Å². The minimum Gasteiger partial charge on any atom is -0.355 e. The fraction of sp³-hybridized carbons (Fsp3) is 0.941. The summed E-state index contributed by atoms with van der Waals surface area (Å²) < 4.78 is 0. The van der Waals surface area contributed by atoms with E-state index in [1.54, 1.807) is 0 Å². The molecule has 0 radical (unpaired) electrons. The van der Waals surface area contributed by atoms with E-state index >= 15 is 0 Å². The predicted molar refractivity (Wildman–Crippen MR) is 83.6 cm³/mol. The van der Waals surface area contributed by atoms with Gasteiger partial charge in [-0.1, -0.05) is 39.5 Å². The zero-order chi connectivity index (χ0) is 14.5. The second kappa shape index (κ2) is 6.93. The van der Waals surface area contributed by atoms with Crippen molar-refractivity contribution in [2.24, 2.45) is 10.8 Å². The molecule has 116 valence electrons. The molecule has 2 aliphatic rings. The molecule has 3 nitrogen and oxygen atoms in total. The molecule has 1 aliphatic heterocycles. The molecule has 0 unspecified atom stereocenters. The molecule has 0 atom stereocenters. The Morgan fingerprint density at radius 3 is 2.35 bits per heavy atom. The van der Waals surface area contributed by atoms with Crippen LogP contribution in [0.15, 0.2) is 0 Å². The average molecular weight is 280 g/mol. The van der Waals surface area contributed by atoms with Crippen molar-refractivity contribution in [3.63, 3.8) is 0 Å². The van der Waals surface area contributed by atoms with Gasteiger partial charge in [-0.3, -0.25) is 4.79 Å². The van der Waals surface area contributed by atoms with Gasteiger partial charge in [0.25, 0.3) is 0 Å². The van der Waals surface area contributed by atoms with E-state index in [1.165, 1.54) is 32.1 Å². The van der Waals surface area contributed by atoms with Gasteiger partial charge >= 0.3 is 0 Å². The molecule has 2 N–H and O–H groups in total. The van der Waals surface area contributed by atoms with Gasteiger partial charge in [-0.15, -0.1) is 0 Å². The number of rotatable bonds is 5. The first kappa shape index (κ1) is 15.8. The lowest BCUT2D eigenvalue weighted by atomic mass is 9.73. The molecule has 2 rings (SSSR count). The summed E-state index contributed by atoms with van der Waals surface area (Å²) in [4.78, 5) is 12.8. The first-order valence-electron chi connectivity index (χ1n) is 8.59. The molecule has 0 aromatic carbocycles. The van der Waals surface area contributed by atoms with E-state index < -0.39 is 0 Å². The quantitative estimate of drug-likeness (QED) is 0.811. The van der Waals surface area contributed by atoms with Gasteiger partial charge in [-0.25, -0.2) is 0 Å². The number of carbonyl (C=O) groups excluding carboxylic acids is 1. The van der Waals surface area contributed by atoms with E-state index in [0.717, 1.165) is 45.3 Å². The fourth-order valence-electron chi connectivity index (χ4n) is 4.04. The van der Waals surface area contributed by atoms with Crippen molar-refractivity contribution in [2.45, 2.75) is 71.6 Å². The van der Waals surface area contributed by atoms with Crippen LogP contribution in [0.4, 0.5) is 0 Å². The second-order valence-electron chi connectivity index (χ2n) is 7.33. The molecule has 1 heterocycles. The third-order valence-corrected chi connectivity index (χ3v) is 5.51. The Kier molecular flexibility index (Phi) is 5.48. The lowest BCUT2D eigenvalue weighted by Crippen LogP contribution is -2.49. The zero-order valence-electron chi connectivity index (χ0n) is 13.4. The molecule has 2 fully saturated rings. The van der Waals surface area contributed by atoms with Crippen LogP contribution in [0.5, 0.6) is 0 Å². The molecule has 1 saturated carbocycles. The van der Waals surface area contributed by atoms with E-state index in [1.807, 2.05) is 0 Å². The molecular weight excluding hydrogens is 248 g/mol. The van der Waals surface area contributed by atoms with Gasteiger partial charge in [0.15, 0.2) is 0 Å². The number of carbonyl (C=O) groups is 1. The van der Waals surface area contributed by atoms with Crippen LogP contribution in [0, 0.1) is 10.8 Å². The average Bonchev–Trinajstić information content (AvgIpc) is 2.47. The van der Waals surface area contributed by atoms with Gasteiger partial charge in [-0.2, -0.15) is 0 Å². The highest BCUT2D eigenvalue weighted by Gasteiger charge is 2.39. The molecule has 0 spiro atoms. The van der Waals surface area contributed by atoms with Crippen LogP contribution in [0.1, 0.15) is 71.6 Å². The first-order chi connectivity index (χ1) is 9.60. The Labute approximate surface area is 124 Å². The van der Waals surface area contributed by atoms with Crippen molar-refractivity contribution in [1.82, 2.24) is 10.6 Å². The van der Waals surface area contributed by atoms with Crippen LogP contribution in [0.25, 0.3) is 0 Å². The topological polar surface area (TPSA) is 41.1 Å². The van der Waals surface area contributed by atoms with Gasteiger partial charge in [0.05, 0.1) is 5.41 Å². The van der Waals surface area contributed by atoms with Crippen molar-refractivity contribution >= 4 is 5.91 Å². The Balaban J connectivity index is 1.91. The number of hydrogen-bond donors (Lipinski definition) is 2. The van der Waals surface area contributed by atoms with E-state index in [2.05, 4.69) is 24.5 Å².